The van der Waals surface area contributed by atoms with E-state index in [1.54, 1.807) is 6.92 Å². The van der Waals surface area contributed by atoms with Crippen molar-refractivity contribution >= 4 is 34.2 Å². The van der Waals surface area contributed by atoms with Crippen molar-refractivity contribution in [2.45, 2.75) is 39.5 Å². The predicted octanol–water partition coefficient (Wildman–Crippen LogP) is 3.51. The van der Waals surface area contributed by atoms with Gasteiger partial charge in [-0.05, 0) is 55.9 Å². The zero-order valence-corrected chi connectivity index (χ0v) is 16.9. The molecule has 0 aliphatic heterocycles. The molecule has 2 N–H and O–H groups in total. The van der Waals surface area contributed by atoms with Crippen LogP contribution in [0.3, 0.4) is 0 Å². The SMILES string of the molecule is CCOC(=O)c1c(NC(=O)[C@H]2[C@@H](C(=O)O)[C@H]3C=C[C@H]2C3)sc2c1C[C@@H](C)CC2. The molecule has 6 nitrogen and oxygen atoms in total. The molecular weight excluding hydrogens is 378 g/mol. The number of thiophene rings is 1. The number of hydrogen-bond donors (Lipinski definition) is 2. The lowest BCUT2D eigenvalue weighted by atomic mass is 9.82. The number of hydrogen-bond acceptors (Lipinski definition) is 5. The van der Waals surface area contributed by atoms with Crippen LogP contribution in [0.2, 0.25) is 0 Å². The summed E-state index contributed by atoms with van der Waals surface area (Å²) in [5.41, 5.74) is 1.45. The number of anilines is 1. The first-order valence-electron chi connectivity index (χ1n) is 9.94. The van der Waals surface area contributed by atoms with Gasteiger partial charge in [-0.15, -0.1) is 11.3 Å². The van der Waals surface area contributed by atoms with Gasteiger partial charge in [0.05, 0.1) is 24.0 Å². The number of carbonyl (C=O) groups excluding carboxylic acids is 2. The molecule has 3 aliphatic rings. The third kappa shape index (κ3) is 3.15. The maximum atomic E-state index is 13.1. The summed E-state index contributed by atoms with van der Waals surface area (Å²) in [4.78, 5) is 38.6. The lowest BCUT2D eigenvalue weighted by molar-refractivity contribution is -0.146. The van der Waals surface area contributed by atoms with Gasteiger partial charge in [-0.25, -0.2) is 4.79 Å². The van der Waals surface area contributed by atoms with E-state index < -0.39 is 23.8 Å². The van der Waals surface area contributed by atoms with Crippen molar-refractivity contribution in [3.05, 3.63) is 28.2 Å². The molecule has 1 aromatic heterocycles. The molecular formula is C21H25NO5S. The van der Waals surface area contributed by atoms with Gasteiger partial charge >= 0.3 is 11.9 Å². The molecule has 1 fully saturated rings. The standard InChI is InChI=1S/C21H25NO5S/c1-3-27-21(26)17-13-8-10(2)4-7-14(13)28-19(17)22-18(23)15-11-5-6-12(9-11)16(15)20(24)25/h5-6,10-12,15-16H,3-4,7-9H2,1-2H3,(H,22,23)(H,24,25)/t10-,11-,12-,15+,16-/m0/s1. The summed E-state index contributed by atoms with van der Waals surface area (Å²) < 4.78 is 5.26. The van der Waals surface area contributed by atoms with E-state index in [0.29, 0.717) is 22.9 Å². The highest BCUT2D eigenvalue weighted by Crippen LogP contribution is 2.49. The molecule has 0 radical (unpaired) electrons. The van der Waals surface area contributed by atoms with E-state index in [0.717, 1.165) is 29.7 Å². The average Bonchev–Trinajstić information content (AvgIpc) is 3.33. The molecule has 0 aromatic carbocycles. The van der Waals surface area contributed by atoms with Crippen molar-refractivity contribution in [2.75, 3.05) is 11.9 Å². The van der Waals surface area contributed by atoms with Crippen molar-refractivity contribution in [3.8, 4) is 0 Å². The first-order chi connectivity index (χ1) is 13.4. The monoisotopic (exact) mass is 403 g/mol. The van der Waals surface area contributed by atoms with Crippen molar-refractivity contribution in [1.82, 2.24) is 0 Å². The summed E-state index contributed by atoms with van der Waals surface area (Å²) in [6, 6.07) is 0. The molecule has 1 amide bonds. The summed E-state index contributed by atoms with van der Waals surface area (Å²) in [5, 5.41) is 13.0. The number of carbonyl (C=O) groups is 3. The summed E-state index contributed by atoms with van der Waals surface area (Å²) in [5.74, 6) is -2.59. The van der Waals surface area contributed by atoms with Crippen LogP contribution >= 0.6 is 11.3 Å². The van der Waals surface area contributed by atoms with Gasteiger partial charge in [-0.2, -0.15) is 0 Å². The minimum atomic E-state index is -0.929. The molecule has 1 aromatic rings. The third-order valence-corrected chi connectivity index (χ3v) is 7.48. The van der Waals surface area contributed by atoms with Gasteiger partial charge in [0.2, 0.25) is 5.91 Å². The number of aryl methyl sites for hydroxylation is 1. The molecule has 1 saturated carbocycles. The number of esters is 1. The second kappa shape index (κ2) is 7.35. The Bertz CT molecular complexity index is 857. The molecule has 2 bridgehead atoms. The Morgan fingerprint density at radius 2 is 1.96 bits per heavy atom. The Balaban J connectivity index is 1.64. The lowest BCUT2D eigenvalue weighted by Crippen LogP contribution is -2.36. The maximum Gasteiger partial charge on any atom is 0.341 e. The number of carboxylic acid groups (broad SMARTS) is 1. The van der Waals surface area contributed by atoms with Gasteiger partial charge < -0.3 is 15.2 Å². The fourth-order valence-corrected chi connectivity index (χ4v) is 6.21. The molecule has 1 heterocycles. The van der Waals surface area contributed by atoms with Crippen molar-refractivity contribution < 1.29 is 24.2 Å². The average molecular weight is 404 g/mol. The predicted molar refractivity (Wildman–Crippen MR) is 105 cm³/mol. The zero-order chi connectivity index (χ0) is 20.0. The van der Waals surface area contributed by atoms with Crippen molar-refractivity contribution in [3.63, 3.8) is 0 Å². The van der Waals surface area contributed by atoms with Gasteiger partial charge in [-0.1, -0.05) is 19.1 Å². The Morgan fingerprint density at radius 3 is 2.64 bits per heavy atom. The Labute approximate surface area is 168 Å². The minimum Gasteiger partial charge on any atom is -0.481 e. The lowest BCUT2D eigenvalue weighted by Gasteiger charge is -2.23. The number of amides is 1. The quantitative estimate of drug-likeness (QED) is 0.580. The first kappa shape index (κ1) is 19.2. The second-order valence-electron chi connectivity index (χ2n) is 8.10. The summed E-state index contributed by atoms with van der Waals surface area (Å²) in [6.45, 7) is 4.19. The Kier molecular flexibility index (Phi) is 5.04. The molecule has 0 unspecified atom stereocenters. The summed E-state index contributed by atoms with van der Waals surface area (Å²) in [6.07, 6.45) is 7.33. The van der Waals surface area contributed by atoms with Gasteiger partial charge in [0.1, 0.15) is 5.00 Å². The number of rotatable bonds is 5. The largest absolute Gasteiger partial charge is 0.481 e. The molecule has 28 heavy (non-hydrogen) atoms. The Hall–Kier alpha value is -2.15. The van der Waals surface area contributed by atoms with Crippen LogP contribution in [-0.2, 0) is 27.2 Å². The van der Waals surface area contributed by atoms with Crippen molar-refractivity contribution in [1.29, 1.82) is 0 Å². The van der Waals surface area contributed by atoms with Gasteiger partial charge in [0.25, 0.3) is 0 Å². The second-order valence-corrected chi connectivity index (χ2v) is 9.21. The fraction of sp³-hybridized carbons (Fsp3) is 0.571. The smallest absolute Gasteiger partial charge is 0.341 e. The van der Waals surface area contributed by atoms with Crippen LogP contribution in [0.25, 0.3) is 0 Å². The molecule has 3 aliphatic carbocycles. The number of fused-ring (bicyclic) bond motifs is 3. The third-order valence-electron chi connectivity index (χ3n) is 6.27. The summed E-state index contributed by atoms with van der Waals surface area (Å²) in [7, 11) is 0. The number of aliphatic carboxylic acids is 1. The summed E-state index contributed by atoms with van der Waals surface area (Å²) >= 11 is 1.44. The van der Waals surface area contributed by atoms with E-state index in [1.807, 2.05) is 12.2 Å². The van der Waals surface area contributed by atoms with Crippen LogP contribution in [0.1, 0.15) is 47.5 Å². The highest BCUT2D eigenvalue weighted by atomic mass is 32.1. The molecule has 150 valence electrons. The molecule has 0 spiro atoms. The number of nitrogens with one attached hydrogen (secondary N) is 1. The maximum absolute atomic E-state index is 13.1. The minimum absolute atomic E-state index is 0.0493. The van der Waals surface area contributed by atoms with Crippen LogP contribution in [-0.4, -0.2) is 29.6 Å². The highest BCUT2D eigenvalue weighted by Gasteiger charge is 2.51. The number of allylic oxidation sites excluding steroid dienone is 2. The van der Waals surface area contributed by atoms with E-state index in [-0.39, 0.29) is 24.3 Å². The van der Waals surface area contributed by atoms with Gasteiger partial charge in [-0.3, -0.25) is 9.59 Å². The Morgan fingerprint density at radius 1 is 1.25 bits per heavy atom. The van der Waals surface area contributed by atoms with E-state index >= 15 is 0 Å². The number of carboxylic acids is 1. The number of ether oxygens (including phenoxy) is 1. The van der Waals surface area contributed by atoms with Crippen LogP contribution in [0.15, 0.2) is 12.2 Å². The van der Waals surface area contributed by atoms with E-state index in [4.69, 9.17) is 4.74 Å². The van der Waals surface area contributed by atoms with Gasteiger partial charge in [0, 0.05) is 4.88 Å². The van der Waals surface area contributed by atoms with Crippen LogP contribution in [0.4, 0.5) is 5.00 Å². The molecule has 0 saturated heterocycles. The van der Waals surface area contributed by atoms with E-state index in [2.05, 4.69) is 12.2 Å². The van der Waals surface area contributed by atoms with Crippen LogP contribution in [0.5, 0.6) is 0 Å². The van der Waals surface area contributed by atoms with Gasteiger partial charge in [0.15, 0.2) is 0 Å². The van der Waals surface area contributed by atoms with Crippen molar-refractivity contribution in [2.24, 2.45) is 29.6 Å². The zero-order valence-electron chi connectivity index (χ0n) is 16.1. The molecule has 4 rings (SSSR count). The van der Waals surface area contributed by atoms with E-state index in [9.17, 15) is 19.5 Å². The van der Waals surface area contributed by atoms with E-state index in [1.165, 1.54) is 11.3 Å². The van der Waals surface area contributed by atoms with Crippen LogP contribution < -0.4 is 5.32 Å². The highest BCUT2D eigenvalue weighted by molar-refractivity contribution is 7.17. The fourth-order valence-electron chi connectivity index (χ4n) is 4.98. The topological polar surface area (TPSA) is 92.7 Å². The first-order valence-corrected chi connectivity index (χ1v) is 10.8. The molecule has 7 heteroatoms. The normalized spacial score (nSPS) is 30.1. The molecule has 5 atom stereocenters. The van der Waals surface area contributed by atoms with Crippen LogP contribution in [0, 0.1) is 29.6 Å².